The second kappa shape index (κ2) is 6.75. The van der Waals surface area contributed by atoms with Gasteiger partial charge in [0.2, 0.25) is 5.75 Å². The van der Waals surface area contributed by atoms with Crippen LogP contribution in [0.5, 0.6) is 5.75 Å². The van der Waals surface area contributed by atoms with Gasteiger partial charge in [-0.15, -0.1) is 0 Å². The first kappa shape index (κ1) is 18.8. The Morgan fingerprint density at radius 1 is 1.24 bits per heavy atom. The molecule has 0 spiro atoms. The van der Waals surface area contributed by atoms with E-state index in [1.165, 1.54) is 19.1 Å². The maximum atomic E-state index is 12.6. The van der Waals surface area contributed by atoms with Gasteiger partial charge < -0.3 is 8.92 Å². The van der Waals surface area contributed by atoms with Crippen LogP contribution in [0.1, 0.15) is 23.0 Å². The first-order valence-electron chi connectivity index (χ1n) is 6.90. The van der Waals surface area contributed by atoms with Crippen LogP contribution in [0.25, 0.3) is 11.3 Å². The zero-order chi connectivity index (χ0) is 18.8. The highest BCUT2D eigenvalue weighted by molar-refractivity contribution is 7.88. The lowest BCUT2D eigenvalue weighted by Gasteiger charge is -2.11. The lowest BCUT2D eigenvalue weighted by atomic mass is 10.1. The van der Waals surface area contributed by atoms with Gasteiger partial charge in [-0.1, -0.05) is 29.8 Å². The van der Waals surface area contributed by atoms with Gasteiger partial charge in [-0.2, -0.15) is 26.7 Å². The van der Waals surface area contributed by atoms with Crippen LogP contribution in [0.3, 0.4) is 0 Å². The van der Waals surface area contributed by atoms with Crippen LogP contribution < -0.4 is 4.18 Å². The number of alkyl halides is 3. The number of carbonyl (C=O) groups excluding carboxylic acids is 1. The van der Waals surface area contributed by atoms with Gasteiger partial charge in [0.1, 0.15) is 5.69 Å². The number of nitrogens with zero attached hydrogens (tertiary/aromatic N) is 1. The average Bonchev–Trinajstić information content (AvgIpc) is 2.90. The Hall–Kier alpha value is -2.56. The molecule has 0 aliphatic rings. The zero-order valence-electron chi connectivity index (χ0n) is 13.0. The maximum Gasteiger partial charge on any atom is 0.534 e. The molecule has 2 rings (SSSR count). The number of H-pyrrole nitrogens is 1. The van der Waals surface area contributed by atoms with E-state index in [0.717, 1.165) is 5.56 Å². The second-order valence-corrected chi connectivity index (χ2v) is 6.38. The van der Waals surface area contributed by atoms with Gasteiger partial charge in [0, 0.05) is 5.56 Å². The number of benzene rings is 1. The Morgan fingerprint density at radius 2 is 1.84 bits per heavy atom. The minimum Gasteiger partial charge on any atom is -0.461 e. The molecule has 1 heterocycles. The topological polar surface area (TPSA) is 98.3 Å². The smallest absolute Gasteiger partial charge is 0.461 e. The number of esters is 1. The van der Waals surface area contributed by atoms with Crippen LogP contribution in [0.4, 0.5) is 13.2 Å². The van der Waals surface area contributed by atoms with Gasteiger partial charge in [-0.25, -0.2) is 4.79 Å². The molecule has 1 N–H and O–H groups in total. The Kier molecular flexibility index (Phi) is 5.07. The van der Waals surface area contributed by atoms with Gasteiger partial charge in [0.15, 0.2) is 5.69 Å². The number of hydrogen-bond acceptors (Lipinski definition) is 6. The maximum absolute atomic E-state index is 12.6. The fraction of sp³-hybridized carbons (Fsp3) is 0.286. The number of halogens is 3. The summed E-state index contributed by atoms with van der Waals surface area (Å²) in [7, 11) is -6.00. The third kappa shape index (κ3) is 3.92. The van der Waals surface area contributed by atoms with E-state index in [1.54, 1.807) is 19.1 Å². The molecule has 0 radical (unpaired) electrons. The van der Waals surface area contributed by atoms with E-state index in [2.05, 4.69) is 19.1 Å². The Labute approximate surface area is 140 Å². The summed E-state index contributed by atoms with van der Waals surface area (Å²) in [5, 5.41) is 5.87. The van der Waals surface area contributed by atoms with E-state index >= 15 is 0 Å². The van der Waals surface area contributed by atoms with Crippen molar-refractivity contribution in [2.24, 2.45) is 0 Å². The van der Waals surface area contributed by atoms with Crippen LogP contribution in [0.15, 0.2) is 24.3 Å². The third-order valence-corrected chi connectivity index (χ3v) is 3.96. The largest absolute Gasteiger partial charge is 0.534 e. The van der Waals surface area contributed by atoms with Gasteiger partial charge in [0.25, 0.3) is 0 Å². The van der Waals surface area contributed by atoms with Crippen molar-refractivity contribution in [3.05, 3.63) is 35.5 Å². The van der Waals surface area contributed by atoms with E-state index in [4.69, 9.17) is 0 Å². The van der Waals surface area contributed by atoms with Crippen molar-refractivity contribution < 1.29 is 35.3 Å². The molecule has 136 valence electrons. The van der Waals surface area contributed by atoms with Crippen molar-refractivity contribution in [3.63, 3.8) is 0 Å². The van der Waals surface area contributed by atoms with Crippen LogP contribution in [0.2, 0.25) is 0 Å². The summed E-state index contributed by atoms with van der Waals surface area (Å²) in [4.78, 5) is 11.9. The number of aryl methyl sites for hydroxylation is 1. The third-order valence-electron chi connectivity index (χ3n) is 3.00. The molecule has 0 atom stereocenters. The Bertz CT molecular complexity index is 873. The molecule has 0 bridgehead atoms. The van der Waals surface area contributed by atoms with Crippen LogP contribution in [-0.4, -0.2) is 36.7 Å². The SMILES string of the molecule is CCOC(=O)c1[nH]nc(-c2ccc(C)cc2)c1OS(=O)(=O)C(F)(F)F. The van der Waals surface area contributed by atoms with E-state index in [1.807, 2.05) is 0 Å². The number of aromatic nitrogens is 2. The summed E-state index contributed by atoms with van der Waals surface area (Å²) in [6.07, 6.45) is 0. The van der Waals surface area contributed by atoms with E-state index in [0.29, 0.717) is 0 Å². The summed E-state index contributed by atoms with van der Waals surface area (Å²) < 4.78 is 69.4. The number of nitrogens with one attached hydrogen (secondary N) is 1. The molecule has 2 aromatic rings. The molecule has 1 aromatic heterocycles. The summed E-state index contributed by atoms with van der Waals surface area (Å²) in [6, 6.07) is 6.26. The molecule has 0 saturated heterocycles. The van der Waals surface area contributed by atoms with Gasteiger partial charge in [-0.3, -0.25) is 5.10 Å². The Morgan fingerprint density at radius 3 is 2.36 bits per heavy atom. The van der Waals surface area contributed by atoms with Crippen LogP contribution in [0, 0.1) is 6.92 Å². The molecular formula is C14H13F3N2O5S. The minimum absolute atomic E-state index is 0.0802. The number of rotatable bonds is 5. The van der Waals surface area contributed by atoms with Gasteiger partial charge in [-0.05, 0) is 13.8 Å². The molecule has 0 saturated carbocycles. The quantitative estimate of drug-likeness (QED) is 0.488. The summed E-state index contributed by atoms with van der Waals surface area (Å²) in [6.45, 7) is 3.18. The standard InChI is InChI=1S/C14H13F3N2O5S/c1-3-23-13(20)11-12(24-25(21,22)14(15,16)17)10(18-19-11)9-6-4-8(2)5-7-9/h4-7H,3H2,1-2H3,(H,18,19). The fourth-order valence-electron chi connectivity index (χ4n) is 1.82. The molecule has 11 heteroatoms. The number of hydrogen-bond donors (Lipinski definition) is 1. The highest BCUT2D eigenvalue weighted by Crippen LogP contribution is 2.36. The summed E-state index contributed by atoms with van der Waals surface area (Å²) >= 11 is 0. The van der Waals surface area contributed by atoms with Crippen LogP contribution in [-0.2, 0) is 14.9 Å². The van der Waals surface area contributed by atoms with E-state index in [9.17, 15) is 26.4 Å². The van der Waals surface area contributed by atoms with Crippen molar-refractivity contribution in [2.75, 3.05) is 6.61 Å². The van der Waals surface area contributed by atoms with E-state index < -0.39 is 33.0 Å². The van der Waals surface area contributed by atoms with Crippen molar-refractivity contribution in [1.82, 2.24) is 10.2 Å². The number of carbonyl (C=O) groups is 1. The molecular weight excluding hydrogens is 365 g/mol. The molecule has 1 aromatic carbocycles. The monoisotopic (exact) mass is 378 g/mol. The van der Waals surface area contributed by atoms with Crippen LogP contribution >= 0.6 is 0 Å². The molecule has 7 nitrogen and oxygen atoms in total. The fourth-order valence-corrected chi connectivity index (χ4v) is 2.29. The highest BCUT2D eigenvalue weighted by Gasteiger charge is 2.49. The first-order valence-corrected chi connectivity index (χ1v) is 8.31. The number of ether oxygens (including phenoxy) is 1. The molecule has 0 aliphatic carbocycles. The Balaban J connectivity index is 2.58. The van der Waals surface area contributed by atoms with Crippen molar-refractivity contribution >= 4 is 16.1 Å². The van der Waals surface area contributed by atoms with Gasteiger partial charge >= 0.3 is 21.6 Å². The zero-order valence-corrected chi connectivity index (χ0v) is 13.9. The lowest BCUT2D eigenvalue weighted by molar-refractivity contribution is -0.0500. The first-order chi connectivity index (χ1) is 11.6. The molecule has 25 heavy (non-hydrogen) atoms. The van der Waals surface area contributed by atoms with Crippen molar-refractivity contribution in [2.45, 2.75) is 19.4 Å². The molecule has 0 unspecified atom stereocenters. The normalized spacial score (nSPS) is 12.0. The predicted molar refractivity (Wildman–Crippen MR) is 80.3 cm³/mol. The summed E-state index contributed by atoms with van der Waals surface area (Å²) in [5.41, 5.74) is -5.46. The highest BCUT2D eigenvalue weighted by atomic mass is 32.2. The molecule has 0 fully saturated rings. The average molecular weight is 378 g/mol. The van der Waals surface area contributed by atoms with Gasteiger partial charge in [0.05, 0.1) is 6.61 Å². The van der Waals surface area contributed by atoms with Crippen molar-refractivity contribution in [3.8, 4) is 17.0 Å². The predicted octanol–water partition coefficient (Wildman–Crippen LogP) is 2.79. The summed E-state index contributed by atoms with van der Waals surface area (Å²) in [5.74, 6) is -1.97. The van der Waals surface area contributed by atoms with E-state index in [-0.39, 0.29) is 17.9 Å². The minimum atomic E-state index is -6.00. The lowest BCUT2D eigenvalue weighted by Crippen LogP contribution is -2.28. The second-order valence-electron chi connectivity index (χ2n) is 4.85. The number of aromatic amines is 1. The molecule has 0 aliphatic heterocycles. The molecule has 0 amide bonds. The van der Waals surface area contributed by atoms with Crippen molar-refractivity contribution in [1.29, 1.82) is 0 Å².